The zero-order valence-corrected chi connectivity index (χ0v) is 17.0. The molecule has 1 aromatic carbocycles. The van der Waals surface area contributed by atoms with Gasteiger partial charge in [0.2, 0.25) is 5.91 Å². The van der Waals surface area contributed by atoms with E-state index in [1.807, 2.05) is 6.07 Å². The van der Waals surface area contributed by atoms with Crippen LogP contribution in [0.1, 0.15) is 31.2 Å². The highest BCUT2D eigenvalue weighted by Gasteiger charge is 2.31. The number of morpholine rings is 1. The van der Waals surface area contributed by atoms with E-state index in [0.29, 0.717) is 16.1 Å². The number of hydrogen-bond donors (Lipinski definition) is 1. The Balaban J connectivity index is 0.00000243. The Morgan fingerprint density at radius 2 is 1.88 bits per heavy atom. The summed E-state index contributed by atoms with van der Waals surface area (Å²) in [7, 11) is 0. The molecule has 0 bridgehead atoms. The summed E-state index contributed by atoms with van der Waals surface area (Å²) in [6.07, 6.45) is 7.92. The van der Waals surface area contributed by atoms with Crippen LogP contribution in [0.2, 0.25) is 10.0 Å². The van der Waals surface area contributed by atoms with Crippen molar-refractivity contribution in [2.45, 2.75) is 37.8 Å². The zero-order valence-electron chi connectivity index (χ0n) is 14.6. The first-order valence-electron chi connectivity index (χ1n) is 8.89. The molecule has 4 nitrogen and oxygen atoms in total. The molecule has 1 saturated heterocycles. The molecule has 7 heteroatoms. The van der Waals surface area contributed by atoms with Crippen molar-refractivity contribution in [3.63, 3.8) is 0 Å². The fourth-order valence-corrected chi connectivity index (χ4v) is 3.95. The molecule has 0 spiro atoms. The van der Waals surface area contributed by atoms with Crippen LogP contribution in [0.15, 0.2) is 24.3 Å². The Labute approximate surface area is 171 Å². The number of ether oxygens (including phenoxy) is 1. The maximum absolute atomic E-state index is 12.4. The van der Waals surface area contributed by atoms with Crippen LogP contribution < -0.4 is 5.32 Å². The largest absolute Gasteiger partial charge is 0.379 e. The lowest BCUT2D eigenvalue weighted by Crippen LogP contribution is -2.55. The predicted molar refractivity (Wildman–Crippen MR) is 109 cm³/mol. The van der Waals surface area contributed by atoms with Crippen molar-refractivity contribution in [2.75, 3.05) is 26.3 Å². The molecule has 1 amide bonds. The van der Waals surface area contributed by atoms with E-state index in [9.17, 15) is 4.79 Å². The van der Waals surface area contributed by atoms with Gasteiger partial charge >= 0.3 is 0 Å². The number of nitrogens with one attached hydrogen (secondary N) is 1. The minimum Gasteiger partial charge on any atom is -0.379 e. The average Bonchev–Trinajstić information content (AvgIpc) is 2.64. The molecule has 26 heavy (non-hydrogen) atoms. The maximum atomic E-state index is 12.4. The minimum atomic E-state index is -0.0590. The SMILES string of the molecule is Cl.O=C(C=Cc1ccc(Cl)c(Cl)c1)N[C@@H]1CCCC[C@H]1N1CCOCC1. The molecule has 2 atom stereocenters. The highest BCUT2D eigenvalue weighted by atomic mass is 35.5. The molecule has 1 aliphatic heterocycles. The van der Waals surface area contributed by atoms with Gasteiger partial charge < -0.3 is 10.1 Å². The lowest BCUT2D eigenvalue weighted by atomic mass is 9.88. The average molecular weight is 420 g/mol. The van der Waals surface area contributed by atoms with Crippen LogP contribution in [0.5, 0.6) is 0 Å². The van der Waals surface area contributed by atoms with E-state index in [2.05, 4.69) is 10.2 Å². The Bertz CT molecular complexity index is 633. The third kappa shape index (κ3) is 5.86. The second-order valence-electron chi connectivity index (χ2n) is 6.62. The van der Waals surface area contributed by atoms with Crippen molar-refractivity contribution in [2.24, 2.45) is 0 Å². The summed E-state index contributed by atoms with van der Waals surface area (Å²) in [4.78, 5) is 14.8. The van der Waals surface area contributed by atoms with Crippen LogP contribution in [-0.4, -0.2) is 49.2 Å². The van der Waals surface area contributed by atoms with Crippen molar-refractivity contribution < 1.29 is 9.53 Å². The van der Waals surface area contributed by atoms with E-state index < -0.39 is 0 Å². The second kappa shape index (κ2) is 10.5. The summed E-state index contributed by atoms with van der Waals surface area (Å²) in [5, 5.41) is 4.20. The monoisotopic (exact) mass is 418 g/mol. The number of halogens is 3. The van der Waals surface area contributed by atoms with Gasteiger partial charge in [0.1, 0.15) is 0 Å². The van der Waals surface area contributed by atoms with Crippen molar-refractivity contribution in [1.29, 1.82) is 0 Å². The van der Waals surface area contributed by atoms with Gasteiger partial charge in [0.15, 0.2) is 0 Å². The summed E-state index contributed by atoms with van der Waals surface area (Å²) in [6, 6.07) is 5.95. The Morgan fingerprint density at radius 1 is 1.15 bits per heavy atom. The molecule has 1 aromatic rings. The van der Waals surface area contributed by atoms with Crippen molar-refractivity contribution >= 4 is 47.6 Å². The third-order valence-electron chi connectivity index (χ3n) is 4.94. The molecule has 144 valence electrons. The van der Waals surface area contributed by atoms with E-state index in [1.165, 1.54) is 12.8 Å². The summed E-state index contributed by atoms with van der Waals surface area (Å²) in [6.45, 7) is 3.48. The Morgan fingerprint density at radius 3 is 2.62 bits per heavy atom. The number of rotatable bonds is 4. The normalized spacial score (nSPS) is 24.2. The van der Waals surface area contributed by atoms with E-state index in [-0.39, 0.29) is 24.4 Å². The third-order valence-corrected chi connectivity index (χ3v) is 5.68. The molecular weight excluding hydrogens is 395 g/mol. The van der Waals surface area contributed by atoms with Gasteiger partial charge in [-0.05, 0) is 36.6 Å². The van der Waals surface area contributed by atoms with Gasteiger partial charge in [-0.2, -0.15) is 0 Å². The number of nitrogens with zero attached hydrogens (tertiary/aromatic N) is 1. The Hall–Kier alpha value is -0.780. The first-order valence-corrected chi connectivity index (χ1v) is 9.64. The number of benzene rings is 1. The van der Waals surface area contributed by atoms with E-state index in [1.54, 1.807) is 24.3 Å². The molecule has 1 aliphatic carbocycles. The second-order valence-corrected chi connectivity index (χ2v) is 7.44. The highest BCUT2D eigenvalue weighted by Crippen LogP contribution is 2.25. The molecule has 2 aliphatic rings. The van der Waals surface area contributed by atoms with Gasteiger partial charge in [-0.15, -0.1) is 12.4 Å². The molecule has 1 saturated carbocycles. The molecular formula is C19H25Cl3N2O2. The van der Waals surface area contributed by atoms with Crippen molar-refractivity contribution in [1.82, 2.24) is 10.2 Å². The van der Waals surface area contributed by atoms with Gasteiger partial charge in [-0.25, -0.2) is 0 Å². The molecule has 2 fully saturated rings. The van der Waals surface area contributed by atoms with E-state index in [4.69, 9.17) is 27.9 Å². The Kier molecular flexibility index (Phi) is 8.71. The lowest BCUT2D eigenvalue weighted by molar-refractivity contribution is -0.118. The predicted octanol–water partition coefficient (Wildman–Crippen LogP) is 4.19. The van der Waals surface area contributed by atoms with Gasteiger partial charge in [-0.1, -0.05) is 42.1 Å². The first-order chi connectivity index (χ1) is 12.1. The number of carbonyl (C=O) groups excluding carboxylic acids is 1. The summed E-state index contributed by atoms with van der Waals surface area (Å²) >= 11 is 11.9. The van der Waals surface area contributed by atoms with Crippen LogP contribution in [0, 0.1) is 0 Å². The number of hydrogen-bond acceptors (Lipinski definition) is 3. The smallest absolute Gasteiger partial charge is 0.244 e. The minimum absolute atomic E-state index is 0. The fraction of sp³-hybridized carbons (Fsp3) is 0.526. The molecule has 0 unspecified atom stereocenters. The molecule has 1 N–H and O–H groups in total. The van der Waals surface area contributed by atoms with E-state index in [0.717, 1.165) is 44.7 Å². The molecule has 0 aromatic heterocycles. The number of carbonyl (C=O) groups is 1. The summed E-state index contributed by atoms with van der Waals surface area (Å²) in [5.74, 6) is -0.0590. The maximum Gasteiger partial charge on any atom is 0.244 e. The van der Waals surface area contributed by atoms with Crippen molar-refractivity contribution in [3.05, 3.63) is 39.9 Å². The standard InChI is InChI=1S/C19H24Cl2N2O2.ClH/c20-15-7-5-14(13-16(15)21)6-8-19(24)22-17-3-1-2-4-18(17)23-9-11-25-12-10-23;/h5-8,13,17-18H,1-4,9-12H2,(H,22,24);1H/t17-,18-;/m1./s1. The highest BCUT2D eigenvalue weighted by molar-refractivity contribution is 6.42. The topological polar surface area (TPSA) is 41.6 Å². The summed E-state index contributed by atoms with van der Waals surface area (Å²) in [5.41, 5.74) is 0.859. The van der Waals surface area contributed by atoms with Gasteiger partial charge in [0.25, 0.3) is 0 Å². The molecule has 3 rings (SSSR count). The van der Waals surface area contributed by atoms with Gasteiger partial charge in [0.05, 0.1) is 23.3 Å². The van der Waals surface area contributed by atoms with Crippen LogP contribution in [0.4, 0.5) is 0 Å². The van der Waals surface area contributed by atoms with Crippen LogP contribution >= 0.6 is 35.6 Å². The quantitative estimate of drug-likeness (QED) is 0.744. The van der Waals surface area contributed by atoms with Gasteiger partial charge in [-0.3, -0.25) is 9.69 Å². The molecule has 0 radical (unpaired) electrons. The van der Waals surface area contributed by atoms with E-state index >= 15 is 0 Å². The number of amides is 1. The van der Waals surface area contributed by atoms with Crippen LogP contribution in [0.3, 0.4) is 0 Å². The first kappa shape index (κ1) is 21.5. The van der Waals surface area contributed by atoms with Crippen molar-refractivity contribution in [3.8, 4) is 0 Å². The van der Waals surface area contributed by atoms with Crippen LogP contribution in [0.25, 0.3) is 6.08 Å². The fourth-order valence-electron chi connectivity index (χ4n) is 3.64. The molecule has 1 heterocycles. The zero-order chi connectivity index (χ0) is 17.6. The van der Waals surface area contributed by atoms with Gasteiger partial charge in [0, 0.05) is 31.2 Å². The summed E-state index contributed by atoms with van der Waals surface area (Å²) < 4.78 is 5.45. The van der Waals surface area contributed by atoms with Crippen LogP contribution in [-0.2, 0) is 9.53 Å². The lowest BCUT2D eigenvalue weighted by Gasteiger charge is -2.41.